The number of halogens is 2. The van der Waals surface area contributed by atoms with E-state index in [1.54, 1.807) is 12.1 Å². The standard InChI is InChI=1S/C21H19F2NO4/c1-2-3-16-11-27-18(12-26-16)13-4-6-14(7-5-13)21(25)28-17-9-8-15(10-24)19(22)20(17)23/h4-9,16,18H,2-3,11-12H2,1H3. The van der Waals surface area contributed by atoms with Crippen molar-refractivity contribution in [1.82, 2.24) is 0 Å². The molecule has 0 saturated carbocycles. The van der Waals surface area contributed by atoms with Crippen molar-refractivity contribution in [3.8, 4) is 11.8 Å². The number of hydrogen-bond donors (Lipinski definition) is 0. The fourth-order valence-corrected chi connectivity index (χ4v) is 2.91. The van der Waals surface area contributed by atoms with E-state index in [0.29, 0.717) is 13.2 Å². The van der Waals surface area contributed by atoms with Crippen molar-refractivity contribution in [2.24, 2.45) is 0 Å². The minimum Gasteiger partial charge on any atom is -0.420 e. The van der Waals surface area contributed by atoms with Crippen LogP contribution in [0.15, 0.2) is 36.4 Å². The average molecular weight is 387 g/mol. The Morgan fingerprint density at radius 1 is 1.14 bits per heavy atom. The Bertz CT molecular complexity index is 885. The average Bonchev–Trinajstić information content (AvgIpc) is 2.72. The molecule has 7 heteroatoms. The molecule has 5 nitrogen and oxygen atoms in total. The lowest BCUT2D eigenvalue weighted by Gasteiger charge is -2.29. The normalized spacial score (nSPS) is 19.1. The summed E-state index contributed by atoms with van der Waals surface area (Å²) in [6.07, 6.45) is 1.87. The minimum absolute atomic E-state index is 0.109. The largest absolute Gasteiger partial charge is 0.420 e. The molecule has 1 aliphatic rings. The first-order valence-electron chi connectivity index (χ1n) is 8.97. The first-order valence-corrected chi connectivity index (χ1v) is 8.97. The van der Waals surface area contributed by atoms with Gasteiger partial charge in [-0.05, 0) is 36.2 Å². The van der Waals surface area contributed by atoms with Crippen molar-refractivity contribution in [2.45, 2.75) is 32.0 Å². The van der Waals surface area contributed by atoms with Gasteiger partial charge in [0.1, 0.15) is 12.2 Å². The highest BCUT2D eigenvalue weighted by Crippen LogP contribution is 2.26. The third kappa shape index (κ3) is 4.35. The first kappa shape index (κ1) is 19.9. The van der Waals surface area contributed by atoms with E-state index in [2.05, 4.69) is 6.92 Å². The summed E-state index contributed by atoms with van der Waals surface area (Å²) in [6.45, 7) is 3.04. The smallest absolute Gasteiger partial charge is 0.343 e. The number of carbonyl (C=O) groups excluding carboxylic acids is 1. The number of nitriles is 1. The Morgan fingerprint density at radius 3 is 2.50 bits per heavy atom. The van der Waals surface area contributed by atoms with Gasteiger partial charge in [0.15, 0.2) is 11.6 Å². The fraction of sp³-hybridized carbons (Fsp3) is 0.333. The van der Waals surface area contributed by atoms with E-state index in [0.717, 1.165) is 30.5 Å². The van der Waals surface area contributed by atoms with Crippen LogP contribution in [0, 0.1) is 23.0 Å². The number of benzene rings is 2. The van der Waals surface area contributed by atoms with Gasteiger partial charge in [-0.15, -0.1) is 0 Å². The molecule has 28 heavy (non-hydrogen) atoms. The summed E-state index contributed by atoms with van der Waals surface area (Å²) in [5, 5.41) is 8.68. The van der Waals surface area contributed by atoms with Gasteiger partial charge in [-0.1, -0.05) is 25.5 Å². The summed E-state index contributed by atoms with van der Waals surface area (Å²) >= 11 is 0. The van der Waals surface area contributed by atoms with Crippen molar-refractivity contribution in [2.75, 3.05) is 13.2 Å². The van der Waals surface area contributed by atoms with Gasteiger partial charge in [-0.2, -0.15) is 9.65 Å². The number of carbonyl (C=O) groups is 1. The maximum absolute atomic E-state index is 13.9. The molecule has 2 aromatic carbocycles. The van der Waals surface area contributed by atoms with Crippen molar-refractivity contribution in [3.63, 3.8) is 0 Å². The summed E-state index contributed by atoms with van der Waals surface area (Å²) in [6, 6.07) is 10.1. The lowest BCUT2D eigenvalue weighted by Crippen LogP contribution is -2.30. The number of rotatable bonds is 5. The topological polar surface area (TPSA) is 68.5 Å². The molecular formula is C21H19F2NO4. The molecule has 0 bridgehead atoms. The predicted octanol–water partition coefficient (Wildman–Crippen LogP) is 4.31. The van der Waals surface area contributed by atoms with Crippen LogP contribution in [0.3, 0.4) is 0 Å². The van der Waals surface area contributed by atoms with Gasteiger partial charge >= 0.3 is 5.97 Å². The quantitative estimate of drug-likeness (QED) is 0.565. The monoisotopic (exact) mass is 387 g/mol. The molecule has 0 radical (unpaired) electrons. The molecule has 1 fully saturated rings. The molecule has 0 spiro atoms. The second-order valence-electron chi connectivity index (χ2n) is 6.43. The van der Waals surface area contributed by atoms with Crippen LogP contribution in [0.5, 0.6) is 5.75 Å². The SMILES string of the molecule is CCCC1COC(c2ccc(C(=O)Oc3ccc(C#N)c(F)c3F)cc2)CO1. The van der Waals surface area contributed by atoms with E-state index in [4.69, 9.17) is 19.5 Å². The van der Waals surface area contributed by atoms with Gasteiger partial charge in [0, 0.05) is 0 Å². The molecule has 1 aliphatic heterocycles. The lowest BCUT2D eigenvalue weighted by molar-refractivity contribution is -0.137. The predicted molar refractivity (Wildman–Crippen MR) is 95.8 cm³/mol. The van der Waals surface area contributed by atoms with E-state index < -0.39 is 28.9 Å². The van der Waals surface area contributed by atoms with Gasteiger partial charge in [0.05, 0.1) is 30.4 Å². The number of nitrogens with zero attached hydrogens (tertiary/aromatic N) is 1. The molecule has 1 saturated heterocycles. The van der Waals surface area contributed by atoms with Gasteiger partial charge in [0.2, 0.25) is 5.82 Å². The molecule has 1 heterocycles. The highest BCUT2D eigenvalue weighted by atomic mass is 19.2. The minimum atomic E-state index is -1.38. The van der Waals surface area contributed by atoms with Crippen molar-refractivity contribution in [3.05, 3.63) is 64.7 Å². The van der Waals surface area contributed by atoms with Crippen molar-refractivity contribution in [1.29, 1.82) is 5.26 Å². The van der Waals surface area contributed by atoms with Crippen LogP contribution >= 0.6 is 0 Å². The zero-order valence-corrected chi connectivity index (χ0v) is 15.3. The molecule has 2 aromatic rings. The van der Waals surface area contributed by atoms with Crippen LogP contribution in [0.25, 0.3) is 0 Å². The molecule has 0 amide bonds. The van der Waals surface area contributed by atoms with E-state index in [1.807, 2.05) is 0 Å². The highest BCUT2D eigenvalue weighted by molar-refractivity contribution is 5.91. The van der Waals surface area contributed by atoms with Gasteiger partial charge in [-0.25, -0.2) is 9.18 Å². The highest BCUT2D eigenvalue weighted by Gasteiger charge is 2.23. The Kier molecular flexibility index (Phi) is 6.34. The number of ether oxygens (including phenoxy) is 3. The van der Waals surface area contributed by atoms with Crippen LogP contribution in [-0.4, -0.2) is 25.3 Å². The van der Waals surface area contributed by atoms with E-state index in [9.17, 15) is 13.6 Å². The summed E-state index contributed by atoms with van der Waals surface area (Å²) in [5.41, 5.74) is 0.563. The molecular weight excluding hydrogens is 368 g/mol. The van der Waals surface area contributed by atoms with Crippen molar-refractivity contribution >= 4 is 5.97 Å². The van der Waals surface area contributed by atoms with Crippen LogP contribution in [-0.2, 0) is 9.47 Å². The summed E-state index contributed by atoms with van der Waals surface area (Å²) in [5.74, 6) is -4.13. The maximum atomic E-state index is 13.9. The molecule has 0 aliphatic carbocycles. The van der Waals surface area contributed by atoms with Gasteiger partial charge in [0.25, 0.3) is 0 Å². The zero-order valence-electron chi connectivity index (χ0n) is 15.3. The van der Waals surface area contributed by atoms with Crippen molar-refractivity contribution < 1.29 is 27.8 Å². The second kappa shape index (κ2) is 8.91. The lowest BCUT2D eigenvalue weighted by atomic mass is 10.1. The van der Waals surface area contributed by atoms with Crippen LogP contribution < -0.4 is 4.74 Å². The van der Waals surface area contributed by atoms with Gasteiger partial charge < -0.3 is 14.2 Å². The fourth-order valence-electron chi connectivity index (χ4n) is 2.91. The van der Waals surface area contributed by atoms with Crippen LogP contribution in [0.1, 0.15) is 47.4 Å². The Hall–Kier alpha value is -2.82. The van der Waals surface area contributed by atoms with E-state index >= 15 is 0 Å². The molecule has 0 aromatic heterocycles. The Morgan fingerprint density at radius 2 is 1.89 bits per heavy atom. The summed E-state index contributed by atoms with van der Waals surface area (Å²) < 4.78 is 44.0. The maximum Gasteiger partial charge on any atom is 0.343 e. The molecule has 2 unspecified atom stereocenters. The third-order valence-electron chi connectivity index (χ3n) is 4.47. The molecule has 146 valence electrons. The summed E-state index contributed by atoms with van der Waals surface area (Å²) in [7, 11) is 0. The Balaban J connectivity index is 1.65. The van der Waals surface area contributed by atoms with Crippen LogP contribution in [0.2, 0.25) is 0 Å². The van der Waals surface area contributed by atoms with E-state index in [-0.39, 0.29) is 17.8 Å². The zero-order chi connectivity index (χ0) is 20.1. The summed E-state index contributed by atoms with van der Waals surface area (Å²) in [4.78, 5) is 12.2. The van der Waals surface area contributed by atoms with Gasteiger partial charge in [-0.3, -0.25) is 0 Å². The third-order valence-corrected chi connectivity index (χ3v) is 4.47. The molecule has 3 rings (SSSR count). The van der Waals surface area contributed by atoms with E-state index in [1.165, 1.54) is 18.2 Å². The van der Waals surface area contributed by atoms with Crippen LogP contribution in [0.4, 0.5) is 8.78 Å². The number of hydrogen-bond acceptors (Lipinski definition) is 5. The second-order valence-corrected chi connectivity index (χ2v) is 6.43. The molecule has 0 N–H and O–H groups in total. The Labute approximate surface area is 161 Å². The first-order chi connectivity index (χ1) is 13.5. The molecule has 2 atom stereocenters. The number of esters is 1.